The number of aromatic nitrogens is 4. The summed E-state index contributed by atoms with van der Waals surface area (Å²) in [6.07, 6.45) is 5.60. The van der Waals surface area contributed by atoms with Gasteiger partial charge in [-0.3, -0.25) is 14.9 Å². The summed E-state index contributed by atoms with van der Waals surface area (Å²) in [5.74, 6) is 0.513. The van der Waals surface area contributed by atoms with Crippen molar-refractivity contribution in [3.8, 4) is 39.4 Å². The molecule has 0 aliphatic carbocycles. The molecule has 0 bridgehead atoms. The number of ether oxygens (including phenoxy) is 1. The average Bonchev–Trinajstić information content (AvgIpc) is 3.29. The molecule has 5 rings (SSSR count). The fraction of sp³-hybridized carbons (Fsp3) is 0.103. The van der Waals surface area contributed by atoms with Crippen LogP contribution in [0.5, 0.6) is 5.88 Å². The number of aliphatic imine (C=N–C) groups is 1. The van der Waals surface area contributed by atoms with Crippen LogP contribution in [0.1, 0.15) is 18.2 Å². The van der Waals surface area contributed by atoms with Gasteiger partial charge in [0.25, 0.3) is 5.56 Å². The molecule has 0 aliphatic heterocycles. The molecule has 0 unspecified atom stereocenters. The van der Waals surface area contributed by atoms with Gasteiger partial charge in [-0.15, -0.1) is 0 Å². The van der Waals surface area contributed by atoms with Crippen molar-refractivity contribution in [3.05, 3.63) is 94.5 Å². The zero-order valence-corrected chi connectivity index (χ0v) is 20.3. The summed E-state index contributed by atoms with van der Waals surface area (Å²) in [6, 6.07) is 19.3. The van der Waals surface area contributed by atoms with Gasteiger partial charge in [-0.05, 0) is 49.9 Å². The number of methoxy groups -OCH3 is 1. The molecule has 5 aromatic rings. The third-order valence-corrected chi connectivity index (χ3v) is 6.09. The normalized spacial score (nSPS) is 11.3. The lowest BCUT2D eigenvalue weighted by atomic mass is 10.0. The van der Waals surface area contributed by atoms with Crippen LogP contribution in [0.3, 0.4) is 0 Å². The summed E-state index contributed by atoms with van der Waals surface area (Å²) in [5.41, 5.74) is 7.27. The highest BCUT2D eigenvalue weighted by Crippen LogP contribution is 2.35. The topological polar surface area (TPSA) is 84.6 Å². The molecule has 7 heteroatoms. The Morgan fingerprint density at radius 1 is 1.03 bits per heavy atom. The van der Waals surface area contributed by atoms with Crippen LogP contribution in [0, 0.1) is 6.92 Å². The first kappa shape index (κ1) is 23.0. The predicted octanol–water partition coefficient (Wildman–Crippen LogP) is 6.10. The molecule has 0 fully saturated rings. The molecule has 2 aromatic carbocycles. The monoisotopic (exact) mass is 475 g/mol. The van der Waals surface area contributed by atoms with Crippen LogP contribution in [0.4, 0.5) is 5.69 Å². The second-order valence-electron chi connectivity index (χ2n) is 8.29. The van der Waals surface area contributed by atoms with E-state index >= 15 is 0 Å². The quantitative estimate of drug-likeness (QED) is 0.301. The number of fused-ring (bicyclic) bond motifs is 1. The van der Waals surface area contributed by atoms with Crippen molar-refractivity contribution in [2.45, 2.75) is 13.8 Å². The SMILES string of the molecule is C=Nc1ccc(-c2c(C)nc3c(-c4ccccc4)c(-c4ccc(OC)nc4)[nH]n3c2=O)cc1/C=C\C. The van der Waals surface area contributed by atoms with E-state index in [1.165, 1.54) is 4.52 Å². The van der Waals surface area contributed by atoms with E-state index in [2.05, 4.69) is 21.8 Å². The Morgan fingerprint density at radius 2 is 1.81 bits per heavy atom. The number of aromatic amines is 1. The van der Waals surface area contributed by atoms with E-state index in [-0.39, 0.29) is 5.56 Å². The smallest absolute Gasteiger partial charge is 0.280 e. The minimum Gasteiger partial charge on any atom is -0.481 e. The Kier molecular flexibility index (Phi) is 6.04. The molecular weight excluding hydrogens is 450 g/mol. The second kappa shape index (κ2) is 9.46. The van der Waals surface area contributed by atoms with Gasteiger partial charge in [0.1, 0.15) is 0 Å². The lowest BCUT2D eigenvalue weighted by Crippen LogP contribution is -2.19. The number of H-pyrrole nitrogens is 1. The highest BCUT2D eigenvalue weighted by molar-refractivity contribution is 5.91. The number of hydrogen-bond acceptors (Lipinski definition) is 5. The average molecular weight is 476 g/mol. The van der Waals surface area contributed by atoms with Gasteiger partial charge < -0.3 is 4.74 Å². The van der Waals surface area contributed by atoms with Crippen molar-refractivity contribution < 1.29 is 4.74 Å². The molecule has 0 saturated heterocycles. The summed E-state index contributed by atoms with van der Waals surface area (Å²) >= 11 is 0. The van der Waals surface area contributed by atoms with Crippen LogP contribution in [-0.2, 0) is 0 Å². The fourth-order valence-electron chi connectivity index (χ4n) is 4.41. The van der Waals surface area contributed by atoms with Crippen molar-refractivity contribution in [2.75, 3.05) is 7.11 Å². The van der Waals surface area contributed by atoms with Gasteiger partial charge in [-0.2, -0.15) is 4.52 Å². The molecular formula is C29H25N5O2. The lowest BCUT2D eigenvalue weighted by Gasteiger charge is -2.09. The molecule has 3 heterocycles. The first-order valence-electron chi connectivity index (χ1n) is 11.5. The van der Waals surface area contributed by atoms with Crippen LogP contribution in [0.2, 0.25) is 0 Å². The number of aryl methyl sites for hydroxylation is 1. The Hall–Kier alpha value is -4.78. The van der Waals surface area contributed by atoms with Gasteiger partial charge in [0.05, 0.1) is 35.3 Å². The van der Waals surface area contributed by atoms with E-state index < -0.39 is 0 Å². The highest BCUT2D eigenvalue weighted by Gasteiger charge is 2.21. The summed E-state index contributed by atoms with van der Waals surface area (Å²) in [5, 5.41) is 3.30. The molecule has 0 amide bonds. The maximum absolute atomic E-state index is 13.9. The van der Waals surface area contributed by atoms with Crippen molar-refractivity contribution in [1.29, 1.82) is 0 Å². The first-order valence-corrected chi connectivity index (χ1v) is 11.5. The molecule has 36 heavy (non-hydrogen) atoms. The summed E-state index contributed by atoms with van der Waals surface area (Å²) in [6.45, 7) is 7.45. The molecule has 1 N–H and O–H groups in total. The van der Waals surface area contributed by atoms with Crippen LogP contribution in [0.25, 0.3) is 45.2 Å². The molecule has 3 aromatic heterocycles. The van der Waals surface area contributed by atoms with E-state index in [1.54, 1.807) is 19.4 Å². The standard InChI is InChI=1S/C29H25N5O2/c1-5-9-20-16-21(12-14-23(20)30-3)25-18(2)32-28-26(19-10-7-6-8-11-19)27(33-34(28)29(25)35)22-13-15-24(36-4)31-17-22/h5-17,33H,3H2,1-2,4H3/b9-5-. The molecule has 0 radical (unpaired) electrons. The van der Waals surface area contributed by atoms with Gasteiger partial charge in [0.2, 0.25) is 5.88 Å². The zero-order chi connectivity index (χ0) is 25.2. The highest BCUT2D eigenvalue weighted by atomic mass is 16.5. The van der Waals surface area contributed by atoms with Crippen molar-refractivity contribution in [1.82, 2.24) is 19.6 Å². The molecule has 0 saturated carbocycles. The Bertz CT molecular complexity index is 1660. The number of allylic oxidation sites excluding steroid dienone is 1. The van der Waals surface area contributed by atoms with Crippen LogP contribution in [-0.4, -0.2) is 33.4 Å². The van der Waals surface area contributed by atoms with Gasteiger partial charge in [-0.1, -0.05) is 48.6 Å². The number of pyridine rings is 1. The van der Waals surface area contributed by atoms with Crippen LogP contribution >= 0.6 is 0 Å². The first-order chi connectivity index (χ1) is 17.5. The van der Waals surface area contributed by atoms with E-state index in [0.717, 1.165) is 39.2 Å². The van der Waals surface area contributed by atoms with Gasteiger partial charge >= 0.3 is 0 Å². The zero-order valence-electron chi connectivity index (χ0n) is 20.3. The molecule has 7 nitrogen and oxygen atoms in total. The lowest BCUT2D eigenvalue weighted by molar-refractivity contribution is 0.398. The van der Waals surface area contributed by atoms with Gasteiger partial charge in [0.15, 0.2) is 5.65 Å². The van der Waals surface area contributed by atoms with E-state index in [0.29, 0.717) is 22.8 Å². The van der Waals surface area contributed by atoms with Gasteiger partial charge in [0, 0.05) is 23.4 Å². The Balaban J connectivity index is 1.80. The number of nitrogens with zero attached hydrogens (tertiary/aromatic N) is 4. The summed E-state index contributed by atoms with van der Waals surface area (Å²) < 4.78 is 6.73. The van der Waals surface area contributed by atoms with E-state index in [1.807, 2.05) is 80.6 Å². The number of nitrogens with one attached hydrogen (secondary N) is 1. The third-order valence-electron chi connectivity index (χ3n) is 6.09. The fourth-order valence-corrected chi connectivity index (χ4v) is 4.41. The number of benzene rings is 2. The van der Waals surface area contributed by atoms with Crippen molar-refractivity contribution >= 4 is 24.1 Å². The second-order valence-corrected chi connectivity index (χ2v) is 8.29. The van der Waals surface area contributed by atoms with Crippen LogP contribution in [0.15, 0.2) is 82.7 Å². The number of hydrogen-bond donors (Lipinski definition) is 1. The summed E-state index contributed by atoms with van der Waals surface area (Å²) in [7, 11) is 1.58. The largest absolute Gasteiger partial charge is 0.481 e. The number of rotatable bonds is 6. The molecule has 0 aliphatic rings. The van der Waals surface area contributed by atoms with Crippen molar-refractivity contribution in [3.63, 3.8) is 0 Å². The predicted molar refractivity (Wildman–Crippen MR) is 145 cm³/mol. The molecule has 0 spiro atoms. The maximum Gasteiger partial charge on any atom is 0.280 e. The van der Waals surface area contributed by atoms with Gasteiger partial charge in [-0.25, -0.2) is 9.97 Å². The summed E-state index contributed by atoms with van der Waals surface area (Å²) in [4.78, 5) is 27.3. The Morgan fingerprint density at radius 3 is 2.47 bits per heavy atom. The maximum atomic E-state index is 13.9. The van der Waals surface area contributed by atoms with Crippen LogP contribution < -0.4 is 10.3 Å². The third kappa shape index (κ3) is 3.90. The van der Waals surface area contributed by atoms with E-state index in [9.17, 15) is 4.79 Å². The van der Waals surface area contributed by atoms with Crippen molar-refractivity contribution in [2.24, 2.45) is 4.99 Å². The molecule has 0 atom stereocenters. The minimum absolute atomic E-state index is 0.187. The minimum atomic E-state index is -0.187. The van der Waals surface area contributed by atoms with E-state index in [4.69, 9.17) is 9.72 Å². The molecule has 178 valence electrons. The Labute approximate surface area is 208 Å².